The second kappa shape index (κ2) is 6.84. The van der Waals surface area contributed by atoms with Crippen LogP contribution in [0.25, 0.3) is 0 Å². The van der Waals surface area contributed by atoms with Crippen LogP contribution in [0.15, 0.2) is 39.6 Å². The van der Waals surface area contributed by atoms with Crippen molar-refractivity contribution in [2.75, 3.05) is 6.61 Å². The Morgan fingerprint density at radius 2 is 2.04 bits per heavy atom. The number of rotatable bonds is 7. The molecule has 0 amide bonds. The molecule has 0 radical (unpaired) electrons. The molecule has 0 spiro atoms. The Labute approximate surface area is 133 Å². The number of sulfonamides is 1. The fourth-order valence-electron chi connectivity index (χ4n) is 2.02. The van der Waals surface area contributed by atoms with Crippen LogP contribution in [0.3, 0.4) is 0 Å². The van der Waals surface area contributed by atoms with Crippen LogP contribution in [0.4, 0.5) is 0 Å². The van der Waals surface area contributed by atoms with Gasteiger partial charge < -0.3 is 14.3 Å². The summed E-state index contributed by atoms with van der Waals surface area (Å²) in [7, 11) is -3.69. The number of carboxylic acid groups (broad SMARTS) is 1. The van der Waals surface area contributed by atoms with Crippen molar-refractivity contribution in [3.63, 3.8) is 0 Å². The van der Waals surface area contributed by atoms with Gasteiger partial charge in [0.2, 0.25) is 10.0 Å². The molecule has 0 aliphatic carbocycles. The molecule has 0 saturated heterocycles. The van der Waals surface area contributed by atoms with E-state index in [-0.39, 0.29) is 11.4 Å². The molecule has 2 rings (SSSR count). The van der Waals surface area contributed by atoms with E-state index in [4.69, 9.17) is 14.3 Å². The number of benzene rings is 1. The predicted octanol–water partition coefficient (Wildman–Crippen LogP) is 1.84. The third-order valence-electron chi connectivity index (χ3n) is 3.01. The van der Waals surface area contributed by atoms with Crippen molar-refractivity contribution in [2.24, 2.45) is 0 Å². The van der Waals surface area contributed by atoms with Gasteiger partial charge in [-0.3, -0.25) is 0 Å². The second-order valence-electron chi connectivity index (χ2n) is 4.93. The zero-order chi connectivity index (χ0) is 17.0. The van der Waals surface area contributed by atoms with Gasteiger partial charge in [0.1, 0.15) is 22.2 Å². The Balaban J connectivity index is 2.07. The summed E-state index contributed by atoms with van der Waals surface area (Å²) in [6, 6.07) is 8.02. The summed E-state index contributed by atoms with van der Waals surface area (Å²) in [6.45, 7) is 2.86. The monoisotopic (exact) mass is 339 g/mol. The van der Waals surface area contributed by atoms with Gasteiger partial charge >= 0.3 is 5.97 Å². The SMILES string of the molecule is Cc1cc(S(=O)(=O)NCc2cccc(OCC(=O)O)c2)c(C)o1. The van der Waals surface area contributed by atoms with Crippen molar-refractivity contribution < 1.29 is 27.5 Å². The molecule has 1 aromatic heterocycles. The summed E-state index contributed by atoms with van der Waals surface area (Å²) < 4.78 is 37.3. The average molecular weight is 339 g/mol. The average Bonchev–Trinajstić information content (AvgIpc) is 2.83. The molecule has 0 unspecified atom stereocenters. The molecule has 1 aromatic carbocycles. The molecule has 124 valence electrons. The lowest BCUT2D eigenvalue weighted by Crippen LogP contribution is -2.23. The smallest absolute Gasteiger partial charge is 0.341 e. The Morgan fingerprint density at radius 1 is 1.30 bits per heavy atom. The van der Waals surface area contributed by atoms with Gasteiger partial charge in [-0.15, -0.1) is 0 Å². The van der Waals surface area contributed by atoms with Crippen LogP contribution >= 0.6 is 0 Å². The third-order valence-corrected chi connectivity index (χ3v) is 4.52. The van der Waals surface area contributed by atoms with Crippen LogP contribution in [-0.4, -0.2) is 26.1 Å². The van der Waals surface area contributed by atoms with Gasteiger partial charge in [0.05, 0.1) is 0 Å². The van der Waals surface area contributed by atoms with Gasteiger partial charge in [-0.1, -0.05) is 12.1 Å². The van der Waals surface area contributed by atoms with E-state index in [2.05, 4.69) is 4.72 Å². The number of carbonyl (C=O) groups is 1. The van der Waals surface area contributed by atoms with Crippen LogP contribution in [0.5, 0.6) is 5.75 Å². The summed E-state index contributed by atoms with van der Waals surface area (Å²) in [5.74, 6) is 0.127. The lowest BCUT2D eigenvalue weighted by atomic mass is 10.2. The summed E-state index contributed by atoms with van der Waals surface area (Å²) in [4.78, 5) is 10.6. The molecule has 0 aliphatic heterocycles. The molecule has 0 saturated carbocycles. The minimum Gasteiger partial charge on any atom is -0.482 e. The highest BCUT2D eigenvalue weighted by Crippen LogP contribution is 2.20. The highest BCUT2D eigenvalue weighted by atomic mass is 32.2. The van der Waals surface area contributed by atoms with E-state index in [1.165, 1.54) is 6.07 Å². The fourth-order valence-corrected chi connectivity index (χ4v) is 3.27. The summed E-state index contributed by atoms with van der Waals surface area (Å²) in [5, 5.41) is 8.58. The number of nitrogens with one attached hydrogen (secondary N) is 1. The van der Waals surface area contributed by atoms with Crippen LogP contribution in [-0.2, 0) is 21.4 Å². The fraction of sp³-hybridized carbons (Fsp3) is 0.267. The van der Waals surface area contributed by atoms with Gasteiger partial charge in [0.25, 0.3) is 0 Å². The number of aryl methyl sites for hydroxylation is 2. The molecule has 7 nitrogen and oxygen atoms in total. The zero-order valence-corrected chi connectivity index (χ0v) is 13.5. The van der Waals surface area contributed by atoms with Crippen molar-refractivity contribution in [1.82, 2.24) is 4.72 Å². The maximum Gasteiger partial charge on any atom is 0.341 e. The Kier molecular flexibility index (Phi) is 5.07. The number of aliphatic carboxylic acids is 1. The van der Waals surface area contributed by atoms with E-state index >= 15 is 0 Å². The minimum atomic E-state index is -3.69. The Morgan fingerprint density at radius 3 is 2.65 bits per heavy atom. The van der Waals surface area contributed by atoms with Crippen LogP contribution in [0, 0.1) is 13.8 Å². The van der Waals surface area contributed by atoms with Crippen molar-refractivity contribution >= 4 is 16.0 Å². The van der Waals surface area contributed by atoms with E-state index in [9.17, 15) is 13.2 Å². The quantitative estimate of drug-likeness (QED) is 0.797. The van der Waals surface area contributed by atoms with Crippen molar-refractivity contribution in [3.8, 4) is 5.75 Å². The number of furan rings is 1. The zero-order valence-electron chi connectivity index (χ0n) is 12.7. The first kappa shape index (κ1) is 17.0. The first-order valence-corrected chi connectivity index (χ1v) is 8.26. The molecule has 8 heteroatoms. The largest absolute Gasteiger partial charge is 0.482 e. The summed E-state index contributed by atoms with van der Waals surface area (Å²) in [5.41, 5.74) is 0.648. The van der Waals surface area contributed by atoms with Gasteiger partial charge in [0.15, 0.2) is 6.61 Å². The van der Waals surface area contributed by atoms with Crippen molar-refractivity contribution in [3.05, 3.63) is 47.4 Å². The highest BCUT2D eigenvalue weighted by Gasteiger charge is 2.20. The van der Waals surface area contributed by atoms with Crippen LogP contribution in [0.2, 0.25) is 0 Å². The van der Waals surface area contributed by atoms with Crippen LogP contribution in [0.1, 0.15) is 17.1 Å². The normalized spacial score (nSPS) is 11.4. The molecular formula is C15H17NO6S. The van der Waals surface area contributed by atoms with Crippen molar-refractivity contribution in [1.29, 1.82) is 0 Å². The number of hydrogen-bond acceptors (Lipinski definition) is 5. The molecule has 23 heavy (non-hydrogen) atoms. The van der Waals surface area contributed by atoms with Gasteiger partial charge in [-0.2, -0.15) is 0 Å². The van der Waals surface area contributed by atoms with E-state index in [1.54, 1.807) is 38.1 Å². The van der Waals surface area contributed by atoms with E-state index in [1.807, 2.05) is 0 Å². The highest BCUT2D eigenvalue weighted by molar-refractivity contribution is 7.89. The van der Waals surface area contributed by atoms with E-state index in [0.29, 0.717) is 22.8 Å². The van der Waals surface area contributed by atoms with Gasteiger partial charge in [-0.25, -0.2) is 17.9 Å². The molecule has 2 aromatic rings. The topological polar surface area (TPSA) is 106 Å². The first-order chi connectivity index (χ1) is 10.8. The number of hydrogen-bond donors (Lipinski definition) is 2. The maximum absolute atomic E-state index is 12.3. The van der Waals surface area contributed by atoms with Crippen LogP contribution < -0.4 is 9.46 Å². The molecule has 2 N–H and O–H groups in total. The Hall–Kier alpha value is -2.32. The van der Waals surface area contributed by atoms with E-state index < -0.39 is 22.6 Å². The van der Waals surface area contributed by atoms with Crippen molar-refractivity contribution in [2.45, 2.75) is 25.3 Å². The number of ether oxygens (including phenoxy) is 1. The predicted molar refractivity (Wildman–Crippen MR) is 81.8 cm³/mol. The summed E-state index contributed by atoms with van der Waals surface area (Å²) in [6.07, 6.45) is 0. The standard InChI is InChI=1S/C15H17NO6S/c1-10-6-14(11(2)22-10)23(19,20)16-8-12-4-3-5-13(7-12)21-9-15(17)18/h3-7,16H,8-9H2,1-2H3,(H,17,18). The molecule has 0 atom stereocenters. The maximum atomic E-state index is 12.3. The Bertz CT molecular complexity index is 809. The molecule has 0 aliphatic rings. The lowest BCUT2D eigenvalue weighted by Gasteiger charge is -2.08. The second-order valence-corrected chi connectivity index (χ2v) is 6.67. The minimum absolute atomic E-state index is 0.0519. The molecule has 0 fully saturated rings. The van der Waals surface area contributed by atoms with E-state index in [0.717, 1.165) is 0 Å². The molecule has 1 heterocycles. The molecular weight excluding hydrogens is 322 g/mol. The van der Waals surface area contributed by atoms with Gasteiger partial charge in [0, 0.05) is 6.54 Å². The first-order valence-electron chi connectivity index (χ1n) is 6.78. The number of carboxylic acids is 1. The lowest BCUT2D eigenvalue weighted by molar-refractivity contribution is -0.139. The van der Waals surface area contributed by atoms with Gasteiger partial charge in [-0.05, 0) is 37.6 Å². The molecule has 0 bridgehead atoms. The third kappa shape index (κ3) is 4.57. The summed E-state index contributed by atoms with van der Waals surface area (Å²) >= 11 is 0.